The van der Waals surface area contributed by atoms with Crippen LogP contribution >= 0.6 is 23.2 Å². The van der Waals surface area contributed by atoms with Gasteiger partial charge in [-0.05, 0) is 37.8 Å². The first-order valence-electron chi connectivity index (χ1n) is 6.23. The molecule has 1 aliphatic rings. The molecule has 1 aromatic carbocycles. The smallest absolute Gasteiger partial charge is 0.328 e. The Labute approximate surface area is 127 Å². The third-order valence-electron chi connectivity index (χ3n) is 3.48. The number of nitrogens with one attached hydrogen (secondary N) is 1. The van der Waals surface area contributed by atoms with Gasteiger partial charge in [0, 0.05) is 5.92 Å². The fourth-order valence-electron chi connectivity index (χ4n) is 2.09. The molecule has 1 saturated carbocycles. The minimum Gasteiger partial charge on any atom is -0.480 e. The van der Waals surface area contributed by atoms with E-state index in [0.717, 1.165) is 5.56 Å². The van der Waals surface area contributed by atoms with Crippen molar-refractivity contribution < 1.29 is 14.7 Å². The van der Waals surface area contributed by atoms with Gasteiger partial charge in [0.2, 0.25) is 5.91 Å². The van der Waals surface area contributed by atoms with E-state index in [1.54, 1.807) is 12.1 Å². The molecule has 20 heavy (non-hydrogen) atoms. The van der Waals surface area contributed by atoms with Crippen molar-refractivity contribution in [3.05, 3.63) is 33.8 Å². The van der Waals surface area contributed by atoms with Crippen LogP contribution in [-0.4, -0.2) is 22.5 Å². The summed E-state index contributed by atoms with van der Waals surface area (Å²) in [6.45, 7) is 2.91. The fourth-order valence-corrected chi connectivity index (χ4v) is 2.54. The molecule has 0 heterocycles. The number of hydrogen-bond acceptors (Lipinski definition) is 2. The number of carbonyl (C=O) groups excluding carboxylic acids is 1. The third-order valence-corrected chi connectivity index (χ3v) is 4.31. The minimum atomic E-state index is -1.28. The molecule has 1 fully saturated rings. The molecule has 2 unspecified atom stereocenters. The second-order valence-electron chi connectivity index (χ2n) is 5.51. The van der Waals surface area contributed by atoms with Gasteiger partial charge in [0.05, 0.1) is 10.0 Å². The maximum Gasteiger partial charge on any atom is 0.328 e. The van der Waals surface area contributed by atoms with E-state index in [1.807, 2.05) is 6.07 Å². The highest BCUT2D eigenvalue weighted by molar-refractivity contribution is 6.42. The van der Waals surface area contributed by atoms with Gasteiger partial charge in [-0.3, -0.25) is 4.79 Å². The molecular formula is C14H15Cl2NO3. The van der Waals surface area contributed by atoms with Crippen LogP contribution in [0.3, 0.4) is 0 Å². The first-order chi connectivity index (χ1) is 9.24. The van der Waals surface area contributed by atoms with Crippen molar-refractivity contribution in [2.75, 3.05) is 0 Å². The number of hydrogen-bond donors (Lipinski definition) is 2. The Morgan fingerprint density at radius 2 is 2.00 bits per heavy atom. The number of halogens is 2. The molecule has 1 aliphatic carbocycles. The van der Waals surface area contributed by atoms with Gasteiger partial charge in [-0.2, -0.15) is 0 Å². The highest BCUT2D eigenvalue weighted by atomic mass is 35.5. The molecule has 0 saturated heterocycles. The van der Waals surface area contributed by atoms with Crippen molar-refractivity contribution in [2.24, 2.45) is 5.92 Å². The van der Waals surface area contributed by atoms with Crippen molar-refractivity contribution in [3.63, 3.8) is 0 Å². The van der Waals surface area contributed by atoms with Crippen LogP contribution in [0.4, 0.5) is 0 Å². The molecule has 0 bridgehead atoms. The van der Waals surface area contributed by atoms with E-state index < -0.39 is 11.5 Å². The number of carbonyl (C=O) groups is 2. The molecule has 2 atom stereocenters. The van der Waals surface area contributed by atoms with Crippen LogP contribution in [0, 0.1) is 5.92 Å². The monoisotopic (exact) mass is 315 g/mol. The summed E-state index contributed by atoms with van der Waals surface area (Å²) >= 11 is 12.1. The molecule has 2 rings (SSSR count). The van der Waals surface area contributed by atoms with Crippen LogP contribution < -0.4 is 5.32 Å². The van der Waals surface area contributed by atoms with E-state index in [1.165, 1.54) is 13.8 Å². The molecule has 0 radical (unpaired) electrons. The Hall–Kier alpha value is -1.26. The predicted octanol–water partition coefficient (Wildman–Crippen LogP) is 3.08. The summed E-state index contributed by atoms with van der Waals surface area (Å²) in [5.74, 6) is -1.57. The lowest BCUT2D eigenvalue weighted by Crippen LogP contribution is -2.50. The number of amides is 1. The van der Waals surface area contributed by atoms with Gasteiger partial charge < -0.3 is 10.4 Å². The second-order valence-corrected chi connectivity index (χ2v) is 6.30. The summed E-state index contributed by atoms with van der Waals surface area (Å²) < 4.78 is 0. The highest BCUT2D eigenvalue weighted by Crippen LogP contribution is 2.50. The Morgan fingerprint density at radius 3 is 2.60 bits per heavy atom. The van der Waals surface area contributed by atoms with Crippen LogP contribution in [0.15, 0.2) is 18.2 Å². The molecule has 2 N–H and O–H groups in total. The van der Waals surface area contributed by atoms with Crippen LogP contribution in [-0.2, 0) is 9.59 Å². The second kappa shape index (κ2) is 5.26. The standard InChI is InChI=1S/C14H15Cl2NO3/c1-14(2,13(19)20)17-12(18)9-6-8(9)7-4-3-5-10(15)11(7)16/h3-5,8-9H,6H2,1-2H3,(H,17,18)(H,19,20). The topological polar surface area (TPSA) is 66.4 Å². The van der Waals surface area contributed by atoms with Crippen LogP contribution in [0.25, 0.3) is 0 Å². The first-order valence-corrected chi connectivity index (χ1v) is 6.99. The van der Waals surface area contributed by atoms with E-state index in [9.17, 15) is 9.59 Å². The van der Waals surface area contributed by atoms with E-state index in [2.05, 4.69) is 5.32 Å². The van der Waals surface area contributed by atoms with Crippen LogP contribution in [0.1, 0.15) is 31.7 Å². The molecular weight excluding hydrogens is 301 g/mol. The summed E-state index contributed by atoms with van der Waals surface area (Å²) in [5, 5.41) is 12.5. The molecule has 6 heteroatoms. The van der Waals surface area contributed by atoms with Gasteiger partial charge in [0.25, 0.3) is 0 Å². The zero-order valence-corrected chi connectivity index (χ0v) is 12.6. The summed E-state index contributed by atoms with van der Waals surface area (Å²) in [4.78, 5) is 23.1. The maximum atomic E-state index is 12.1. The minimum absolute atomic E-state index is 0.00537. The lowest BCUT2D eigenvalue weighted by Gasteiger charge is -2.21. The number of aliphatic carboxylic acids is 1. The summed E-state index contributed by atoms with van der Waals surface area (Å²) in [6, 6.07) is 5.32. The summed E-state index contributed by atoms with van der Waals surface area (Å²) in [6.07, 6.45) is 0.654. The number of benzene rings is 1. The van der Waals surface area contributed by atoms with E-state index in [4.69, 9.17) is 28.3 Å². The van der Waals surface area contributed by atoms with Crippen molar-refractivity contribution >= 4 is 35.1 Å². The fraction of sp³-hybridized carbons (Fsp3) is 0.429. The van der Waals surface area contributed by atoms with Gasteiger partial charge in [-0.1, -0.05) is 35.3 Å². The molecule has 0 spiro atoms. The van der Waals surface area contributed by atoms with Gasteiger partial charge in [0.15, 0.2) is 0 Å². The normalized spacial score (nSPS) is 21.4. The molecule has 0 aliphatic heterocycles. The quantitative estimate of drug-likeness (QED) is 0.897. The highest BCUT2D eigenvalue weighted by Gasteiger charge is 2.46. The van der Waals surface area contributed by atoms with Crippen molar-refractivity contribution in [3.8, 4) is 0 Å². The number of rotatable bonds is 4. The zero-order chi connectivity index (χ0) is 15.1. The van der Waals surface area contributed by atoms with E-state index in [-0.39, 0.29) is 17.7 Å². The zero-order valence-electron chi connectivity index (χ0n) is 11.1. The first kappa shape index (κ1) is 15.1. The van der Waals surface area contributed by atoms with Crippen LogP contribution in [0.5, 0.6) is 0 Å². The Morgan fingerprint density at radius 1 is 1.35 bits per heavy atom. The Bertz CT molecular complexity index is 572. The maximum absolute atomic E-state index is 12.1. The largest absolute Gasteiger partial charge is 0.480 e. The predicted molar refractivity (Wildman–Crippen MR) is 77.2 cm³/mol. The molecule has 4 nitrogen and oxygen atoms in total. The molecule has 108 valence electrons. The van der Waals surface area contributed by atoms with Crippen molar-refractivity contribution in [1.29, 1.82) is 0 Å². The van der Waals surface area contributed by atoms with Crippen LogP contribution in [0.2, 0.25) is 10.0 Å². The third kappa shape index (κ3) is 2.91. The van der Waals surface area contributed by atoms with Gasteiger partial charge in [0.1, 0.15) is 5.54 Å². The van der Waals surface area contributed by atoms with Gasteiger partial charge >= 0.3 is 5.97 Å². The number of carboxylic acids is 1. The van der Waals surface area contributed by atoms with Crippen molar-refractivity contribution in [1.82, 2.24) is 5.32 Å². The molecule has 1 aromatic rings. The average Bonchev–Trinajstić information content (AvgIpc) is 3.12. The summed E-state index contributed by atoms with van der Waals surface area (Å²) in [7, 11) is 0. The van der Waals surface area contributed by atoms with Gasteiger partial charge in [-0.25, -0.2) is 4.79 Å². The number of carboxylic acid groups (broad SMARTS) is 1. The van der Waals surface area contributed by atoms with Crippen molar-refractivity contribution in [2.45, 2.75) is 31.7 Å². The van der Waals surface area contributed by atoms with E-state index in [0.29, 0.717) is 16.5 Å². The average molecular weight is 316 g/mol. The van der Waals surface area contributed by atoms with E-state index >= 15 is 0 Å². The lowest BCUT2D eigenvalue weighted by molar-refractivity contribution is -0.146. The SMILES string of the molecule is CC(C)(NC(=O)C1CC1c1cccc(Cl)c1Cl)C(=O)O. The Kier molecular flexibility index (Phi) is 3.98. The van der Waals surface area contributed by atoms with Gasteiger partial charge in [-0.15, -0.1) is 0 Å². The Balaban J connectivity index is 2.07. The summed E-state index contributed by atoms with van der Waals surface area (Å²) in [5.41, 5.74) is -0.435. The lowest BCUT2D eigenvalue weighted by atomic mass is 10.0. The molecule has 0 aromatic heterocycles. The molecule has 1 amide bonds.